The fourth-order valence-corrected chi connectivity index (χ4v) is 2.59. The van der Waals surface area contributed by atoms with Crippen LogP contribution in [-0.4, -0.2) is 29.6 Å². The molecule has 1 aliphatic rings. The van der Waals surface area contributed by atoms with Gasteiger partial charge in [0.1, 0.15) is 5.57 Å². The average molecular weight is 434 g/mol. The fraction of sp³-hybridized carbons (Fsp3) is 0.154. The highest BCUT2D eigenvalue weighted by molar-refractivity contribution is 9.13. The number of halogens is 2. The second-order valence-corrected chi connectivity index (χ2v) is 5.75. The molecule has 0 unspecified atom stereocenters. The number of ether oxygens (including phenoxy) is 1. The third-order valence-corrected chi connectivity index (χ3v) is 4.88. The number of imide groups is 2. The summed E-state index contributed by atoms with van der Waals surface area (Å²) < 4.78 is 6.03. The lowest BCUT2D eigenvalue weighted by atomic mass is 10.1. The SMILES string of the molecule is CCOc1cc(C=C2C(=O)NC(=O)NC2=O)c(Br)c(Br)c1O. The van der Waals surface area contributed by atoms with Crippen molar-refractivity contribution < 1.29 is 24.2 Å². The van der Waals surface area contributed by atoms with Crippen LogP contribution in [-0.2, 0) is 9.59 Å². The van der Waals surface area contributed by atoms with Crippen molar-refractivity contribution in [3.63, 3.8) is 0 Å². The summed E-state index contributed by atoms with van der Waals surface area (Å²) in [5.41, 5.74) is 0.183. The molecule has 0 spiro atoms. The van der Waals surface area contributed by atoms with Crippen molar-refractivity contribution in [1.29, 1.82) is 0 Å². The maximum Gasteiger partial charge on any atom is 0.328 e. The Kier molecular flexibility index (Phi) is 4.87. The van der Waals surface area contributed by atoms with Crippen LogP contribution in [0.5, 0.6) is 11.5 Å². The lowest BCUT2D eigenvalue weighted by molar-refractivity contribution is -0.123. The van der Waals surface area contributed by atoms with Gasteiger partial charge in [0.25, 0.3) is 11.8 Å². The molecule has 1 aromatic rings. The molecule has 0 atom stereocenters. The van der Waals surface area contributed by atoms with E-state index < -0.39 is 17.8 Å². The molecule has 116 valence electrons. The van der Waals surface area contributed by atoms with Crippen LogP contribution in [0.2, 0.25) is 0 Å². The molecule has 0 aliphatic carbocycles. The van der Waals surface area contributed by atoms with Crippen LogP contribution >= 0.6 is 31.9 Å². The number of phenolic OH excluding ortho intramolecular Hbond substituents is 1. The van der Waals surface area contributed by atoms with Crippen LogP contribution in [0.4, 0.5) is 4.79 Å². The van der Waals surface area contributed by atoms with Gasteiger partial charge in [0.15, 0.2) is 11.5 Å². The van der Waals surface area contributed by atoms with Crippen molar-refractivity contribution in [2.45, 2.75) is 6.92 Å². The zero-order chi connectivity index (χ0) is 16.4. The molecule has 3 N–H and O–H groups in total. The van der Waals surface area contributed by atoms with Crippen molar-refractivity contribution in [1.82, 2.24) is 10.6 Å². The molecular weight excluding hydrogens is 424 g/mol. The van der Waals surface area contributed by atoms with Crippen molar-refractivity contribution in [2.24, 2.45) is 0 Å². The van der Waals surface area contributed by atoms with Gasteiger partial charge in [0.05, 0.1) is 11.1 Å². The molecule has 0 bridgehead atoms. The van der Waals surface area contributed by atoms with E-state index >= 15 is 0 Å². The Bertz CT molecular complexity index is 693. The highest BCUT2D eigenvalue weighted by Gasteiger charge is 2.28. The summed E-state index contributed by atoms with van der Waals surface area (Å²) in [7, 11) is 0. The van der Waals surface area contributed by atoms with Crippen LogP contribution in [0, 0.1) is 0 Å². The van der Waals surface area contributed by atoms with E-state index in [4.69, 9.17) is 4.74 Å². The number of carbonyl (C=O) groups excluding carboxylic acids is 3. The highest BCUT2D eigenvalue weighted by atomic mass is 79.9. The zero-order valence-corrected chi connectivity index (χ0v) is 14.4. The Morgan fingerprint density at radius 1 is 1.18 bits per heavy atom. The van der Waals surface area contributed by atoms with E-state index in [1.807, 2.05) is 10.6 Å². The summed E-state index contributed by atoms with van der Waals surface area (Å²) in [5, 5.41) is 13.9. The zero-order valence-electron chi connectivity index (χ0n) is 11.2. The van der Waals surface area contributed by atoms with Crippen LogP contribution in [0.3, 0.4) is 0 Å². The van der Waals surface area contributed by atoms with Gasteiger partial charge in [-0.25, -0.2) is 4.79 Å². The fourth-order valence-electron chi connectivity index (χ4n) is 1.74. The van der Waals surface area contributed by atoms with Gasteiger partial charge in [-0.1, -0.05) is 0 Å². The summed E-state index contributed by atoms with van der Waals surface area (Å²) in [4.78, 5) is 34.5. The first kappa shape index (κ1) is 16.5. The van der Waals surface area contributed by atoms with Gasteiger partial charge in [-0.2, -0.15) is 0 Å². The van der Waals surface area contributed by atoms with E-state index in [0.717, 1.165) is 0 Å². The number of aromatic hydroxyl groups is 1. The molecule has 22 heavy (non-hydrogen) atoms. The summed E-state index contributed by atoms with van der Waals surface area (Å²) in [6, 6.07) is 0.602. The molecule has 0 radical (unpaired) electrons. The van der Waals surface area contributed by atoms with E-state index in [1.165, 1.54) is 12.1 Å². The number of urea groups is 1. The molecule has 7 nitrogen and oxygen atoms in total. The van der Waals surface area contributed by atoms with Gasteiger partial charge in [-0.3, -0.25) is 20.2 Å². The lowest BCUT2D eigenvalue weighted by Crippen LogP contribution is -2.51. The van der Waals surface area contributed by atoms with Gasteiger partial charge in [0, 0.05) is 4.47 Å². The number of barbiturate groups is 1. The van der Waals surface area contributed by atoms with E-state index in [-0.39, 0.29) is 17.1 Å². The van der Waals surface area contributed by atoms with Crippen LogP contribution in [0.25, 0.3) is 6.08 Å². The minimum absolute atomic E-state index is 0.108. The largest absolute Gasteiger partial charge is 0.503 e. The predicted octanol–water partition coefficient (Wildman–Crippen LogP) is 2.07. The van der Waals surface area contributed by atoms with E-state index in [0.29, 0.717) is 21.1 Å². The average Bonchev–Trinajstić information content (AvgIpc) is 2.45. The monoisotopic (exact) mass is 432 g/mol. The number of rotatable bonds is 3. The molecule has 1 heterocycles. The molecule has 0 aromatic heterocycles. The molecule has 1 fully saturated rings. The number of amides is 4. The van der Waals surface area contributed by atoms with Gasteiger partial charge >= 0.3 is 6.03 Å². The summed E-state index contributed by atoms with van der Waals surface area (Å²) >= 11 is 6.45. The number of carbonyl (C=O) groups is 3. The second-order valence-electron chi connectivity index (χ2n) is 4.17. The summed E-state index contributed by atoms with van der Waals surface area (Å²) in [5.74, 6) is -1.52. The number of nitrogens with one attached hydrogen (secondary N) is 2. The summed E-state index contributed by atoms with van der Waals surface area (Å²) in [6.45, 7) is 2.08. The molecule has 2 rings (SSSR count). The molecule has 9 heteroatoms. The predicted molar refractivity (Wildman–Crippen MR) is 84.3 cm³/mol. The van der Waals surface area contributed by atoms with Crippen molar-refractivity contribution in [2.75, 3.05) is 6.61 Å². The quantitative estimate of drug-likeness (QED) is 0.500. The maximum atomic E-state index is 11.7. The van der Waals surface area contributed by atoms with Crippen molar-refractivity contribution in [3.05, 3.63) is 26.1 Å². The lowest BCUT2D eigenvalue weighted by Gasteiger charge is -2.15. The van der Waals surface area contributed by atoms with Gasteiger partial charge in [0.2, 0.25) is 0 Å². The first-order valence-corrected chi connectivity index (χ1v) is 7.65. The van der Waals surface area contributed by atoms with Gasteiger partial charge in [-0.05, 0) is 56.5 Å². The third-order valence-electron chi connectivity index (χ3n) is 2.72. The first-order chi connectivity index (χ1) is 10.3. The molecule has 1 aromatic carbocycles. The molecule has 4 amide bonds. The highest BCUT2D eigenvalue weighted by Crippen LogP contribution is 2.42. The molecule has 1 aliphatic heterocycles. The Labute approximate surface area is 142 Å². The summed E-state index contributed by atoms with van der Waals surface area (Å²) in [6.07, 6.45) is 1.29. The van der Waals surface area contributed by atoms with Crippen LogP contribution in [0.1, 0.15) is 12.5 Å². The Morgan fingerprint density at radius 3 is 2.32 bits per heavy atom. The van der Waals surface area contributed by atoms with Crippen LogP contribution < -0.4 is 15.4 Å². The minimum atomic E-state index is -0.867. The first-order valence-electron chi connectivity index (χ1n) is 6.07. The van der Waals surface area contributed by atoms with Gasteiger partial charge in [-0.15, -0.1) is 0 Å². The van der Waals surface area contributed by atoms with Crippen molar-refractivity contribution in [3.8, 4) is 11.5 Å². The molecule has 1 saturated heterocycles. The Balaban J connectivity index is 2.53. The Hall–Kier alpha value is -1.87. The topological polar surface area (TPSA) is 105 Å². The number of hydrogen-bond donors (Lipinski definition) is 3. The van der Waals surface area contributed by atoms with Crippen molar-refractivity contribution >= 4 is 55.8 Å². The maximum absolute atomic E-state index is 11.7. The van der Waals surface area contributed by atoms with E-state index in [2.05, 4.69) is 31.9 Å². The van der Waals surface area contributed by atoms with E-state index in [1.54, 1.807) is 6.92 Å². The second kappa shape index (κ2) is 6.49. The number of benzene rings is 1. The molecule has 0 saturated carbocycles. The Morgan fingerprint density at radius 2 is 1.77 bits per heavy atom. The smallest absolute Gasteiger partial charge is 0.328 e. The third kappa shape index (κ3) is 3.14. The number of hydrogen-bond acceptors (Lipinski definition) is 5. The minimum Gasteiger partial charge on any atom is -0.503 e. The van der Waals surface area contributed by atoms with Gasteiger partial charge < -0.3 is 9.84 Å². The van der Waals surface area contributed by atoms with Crippen LogP contribution in [0.15, 0.2) is 20.6 Å². The molecular formula is C13H10Br2N2O5. The number of phenols is 1. The normalized spacial score (nSPS) is 14.5. The van der Waals surface area contributed by atoms with E-state index in [9.17, 15) is 19.5 Å². The standard InChI is InChI=1S/C13H10Br2N2O5/c1-2-22-7-4-5(8(14)9(15)10(7)18)3-6-11(19)16-13(21)17-12(6)20/h3-4,18H,2H2,1H3,(H2,16,17,19,20,21).